The molecule has 176 valence electrons. The van der Waals surface area contributed by atoms with Gasteiger partial charge in [-0.3, -0.25) is 4.79 Å². The second-order valence-electron chi connectivity index (χ2n) is 8.44. The van der Waals surface area contributed by atoms with E-state index in [1.54, 1.807) is 0 Å². The smallest absolute Gasteiger partial charge is 0.338 e. The van der Waals surface area contributed by atoms with E-state index in [0.29, 0.717) is 17.2 Å². The lowest BCUT2D eigenvalue weighted by Gasteiger charge is -2.37. The topological polar surface area (TPSA) is 70.7 Å². The fraction of sp³-hybridized carbons (Fsp3) is 0.560. The maximum atomic E-state index is 12.9. The number of hydrogen-bond donors (Lipinski definition) is 2. The van der Waals surface area contributed by atoms with Crippen LogP contribution in [0, 0.1) is 5.92 Å². The average Bonchev–Trinajstić information content (AvgIpc) is 2.74. The van der Waals surface area contributed by atoms with Crippen LogP contribution < -0.4 is 10.6 Å². The van der Waals surface area contributed by atoms with Crippen LogP contribution in [0.2, 0.25) is 0 Å². The summed E-state index contributed by atoms with van der Waals surface area (Å²) < 4.78 is 5.52. The van der Waals surface area contributed by atoms with E-state index >= 15 is 0 Å². The molecule has 0 spiro atoms. The molecular formula is C25H37N3O3S. The zero-order valence-electron chi connectivity index (χ0n) is 20.2. The number of thiocarbonyl (C=S) groups is 1. The van der Waals surface area contributed by atoms with Crippen LogP contribution in [0.15, 0.2) is 35.5 Å². The Morgan fingerprint density at radius 2 is 1.84 bits per heavy atom. The molecule has 1 aliphatic rings. The zero-order valence-corrected chi connectivity index (χ0v) is 21.0. The Bertz CT molecular complexity index is 848. The number of unbranched alkanes of at least 4 members (excludes halogenated alkanes) is 1. The molecule has 0 aromatic heterocycles. The molecule has 1 aromatic carbocycles. The maximum Gasteiger partial charge on any atom is 0.338 e. The lowest BCUT2D eigenvalue weighted by atomic mass is 9.94. The van der Waals surface area contributed by atoms with Gasteiger partial charge in [-0.05, 0) is 70.5 Å². The Balaban J connectivity index is 2.27. The van der Waals surface area contributed by atoms with Crippen LogP contribution in [0.5, 0.6) is 0 Å². The van der Waals surface area contributed by atoms with Crippen LogP contribution in [-0.2, 0) is 14.3 Å². The second kappa shape index (κ2) is 12.0. The van der Waals surface area contributed by atoms with Crippen molar-refractivity contribution in [3.8, 4) is 0 Å². The van der Waals surface area contributed by atoms with E-state index in [0.717, 1.165) is 42.6 Å². The molecule has 1 aromatic rings. The van der Waals surface area contributed by atoms with Crippen LogP contribution in [0.3, 0.4) is 0 Å². The average molecular weight is 460 g/mol. The number of nitrogens with zero attached hydrogens (tertiary/aromatic N) is 1. The summed E-state index contributed by atoms with van der Waals surface area (Å²) in [4.78, 5) is 27.5. The molecule has 2 atom stereocenters. The molecule has 0 radical (unpaired) electrons. The third-order valence-electron chi connectivity index (χ3n) is 5.76. The normalized spacial score (nSPS) is 17.3. The predicted octanol–water partition coefficient (Wildman–Crippen LogP) is 5.32. The minimum absolute atomic E-state index is 0.0232. The molecule has 2 N–H and O–H groups in total. The van der Waals surface area contributed by atoms with Crippen molar-refractivity contribution >= 4 is 34.9 Å². The first-order chi connectivity index (χ1) is 15.2. The van der Waals surface area contributed by atoms with Gasteiger partial charge in [0.1, 0.15) is 0 Å². The minimum Gasteiger partial charge on any atom is -0.459 e. The molecule has 0 saturated carbocycles. The molecule has 32 heavy (non-hydrogen) atoms. The van der Waals surface area contributed by atoms with E-state index in [4.69, 9.17) is 17.0 Å². The van der Waals surface area contributed by atoms with Crippen molar-refractivity contribution in [3.63, 3.8) is 0 Å². The summed E-state index contributed by atoms with van der Waals surface area (Å²) >= 11 is 5.54. The summed E-state index contributed by atoms with van der Waals surface area (Å²) in [6.07, 6.45) is 3.64. The van der Waals surface area contributed by atoms with Gasteiger partial charge in [0.2, 0.25) is 5.91 Å². The number of carbonyl (C=O) groups excluding carboxylic acids is 2. The van der Waals surface area contributed by atoms with E-state index in [-0.39, 0.29) is 23.9 Å². The molecule has 1 aliphatic heterocycles. The molecule has 6 nitrogen and oxygen atoms in total. The molecule has 0 fully saturated rings. The van der Waals surface area contributed by atoms with E-state index in [1.807, 2.05) is 63.8 Å². The van der Waals surface area contributed by atoms with Crippen LogP contribution >= 0.6 is 12.2 Å². The molecule has 0 unspecified atom stereocenters. The summed E-state index contributed by atoms with van der Waals surface area (Å²) in [5, 5.41) is 6.90. The Hall–Kier alpha value is -2.41. The van der Waals surface area contributed by atoms with Gasteiger partial charge in [-0.2, -0.15) is 0 Å². The first kappa shape index (κ1) is 25.8. The highest BCUT2D eigenvalue weighted by atomic mass is 32.1. The van der Waals surface area contributed by atoms with Crippen molar-refractivity contribution < 1.29 is 14.3 Å². The van der Waals surface area contributed by atoms with Gasteiger partial charge < -0.3 is 20.3 Å². The van der Waals surface area contributed by atoms with Gasteiger partial charge in [0, 0.05) is 23.8 Å². The van der Waals surface area contributed by atoms with Gasteiger partial charge in [0.05, 0.1) is 17.7 Å². The largest absolute Gasteiger partial charge is 0.459 e. The summed E-state index contributed by atoms with van der Waals surface area (Å²) in [7, 11) is 0. The first-order valence-corrected chi connectivity index (χ1v) is 12.0. The number of allylic oxidation sites excluding steroid dienone is 1. The van der Waals surface area contributed by atoms with Gasteiger partial charge in [-0.25, -0.2) is 4.79 Å². The fourth-order valence-electron chi connectivity index (χ4n) is 3.93. The van der Waals surface area contributed by atoms with Crippen molar-refractivity contribution in [1.29, 1.82) is 0 Å². The van der Waals surface area contributed by atoms with E-state index in [1.165, 1.54) is 0 Å². The zero-order chi connectivity index (χ0) is 23.8. The van der Waals surface area contributed by atoms with Crippen molar-refractivity contribution in [3.05, 3.63) is 41.1 Å². The van der Waals surface area contributed by atoms with E-state index in [2.05, 4.69) is 17.6 Å². The highest BCUT2D eigenvalue weighted by Gasteiger charge is 2.34. The number of anilines is 1. The number of rotatable bonds is 10. The lowest BCUT2D eigenvalue weighted by molar-refractivity contribution is -0.143. The van der Waals surface area contributed by atoms with Gasteiger partial charge in [0.25, 0.3) is 0 Å². The second-order valence-corrected chi connectivity index (χ2v) is 8.83. The van der Waals surface area contributed by atoms with Crippen LogP contribution in [-0.4, -0.2) is 34.5 Å². The standard InChI is InChI=1S/C25H37N3O3S/c1-7-10-11-18(8-2)23(29)26-20-14-12-19(13-15-20)22-21(24(30)31-16(4)5)17(6)28(9-3)25(32)27-22/h12-16,18,22H,7-11H2,1-6H3,(H,26,29)(H,27,32)/t18-,22+/m0/s1. The van der Waals surface area contributed by atoms with Crippen molar-refractivity contribution in [2.75, 3.05) is 11.9 Å². The van der Waals surface area contributed by atoms with Crippen molar-refractivity contribution in [1.82, 2.24) is 10.2 Å². The monoisotopic (exact) mass is 459 g/mol. The van der Waals surface area contributed by atoms with Gasteiger partial charge in [0.15, 0.2) is 5.11 Å². The summed E-state index contributed by atoms with van der Waals surface area (Å²) in [6.45, 7) is 12.4. The Morgan fingerprint density at radius 1 is 1.19 bits per heavy atom. The summed E-state index contributed by atoms with van der Waals surface area (Å²) in [5.41, 5.74) is 2.98. The fourth-order valence-corrected chi connectivity index (χ4v) is 4.31. The molecule has 0 bridgehead atoms. The van der Waals surface area contributed by atoms with Crippen LogP contribution in [0.25, 0.3) is 0 Å². The highest BCUT2D eigenvalue weighted by molar-refractivity contribution is 7.80. The van der Waals surface area contributed by atoms with E-state index < -0.39 is 6.04 Å². The van der Waals surface area contributed by atoms with Gasteiger partial charge in [-0.15, -0.1) is 0 Å². The highest BCUT2D eigenvalue weighted by Crippen LogP contribution is 2.32. The quantitative estimate of drug-likeness (QED) is 0.365. The molecule has 2 rings (SSSR count). The number of hydrogen-bond acceptors (Lipinski definition) is 4. The molecule has 0 aliphatic carbocycles. The third kappa shape index (κ3) is 6.31. The van der Waals surface area contributed by atoms with Gasteiger partial charge >= 0.3 is 5.97 Å². The SMILES string of the molecule is CCCC[C@H](CC)C(=O)Nc1ccc([C@H]2NC(=S)N(CC)C(C)=C2C(=O)OC(C)C)cc1. The van der Waals surface area contributed by atoms with Crippen molar-refractivity contribution in [2.45, 2.75) is 79.4 Å². The number of nitrogens with one attached hydrogen (secondary N) is 2. The number of benzene rings is 1. The van der Waals surface area contributed by atoms with Gasteiger partial charge in [-0.1, -0.05) is 38.8 Å². The Labute approximate surface area is 197 Å². The summed E-state index contributed by atoms with van der Waals surface area (Å²) in [5.74, 6) is -0.272. The number of amides is 1. The Kier molecular flexibility index (Phi) is 9.69. The number of ether oxygens (including phenoxy) is 1. The number of carbonyl (C=O) groups is 2. The number of esters is 1. The van der Waals surface area contributed by atoms with E-state index in [9.17, 15) is 9.59 Å². The van der Waals surface area contributed by atoms with Crippen LogP contribution in [0.1, 0.15) is 78.8 Å². The summed E-state index contributed by atoms with van der Waals surface area (Å²) in [6, 6.07) is 7.17. The lowest BCUT2D eigenvalue weighted by Crippen LogP contribution is -2.47. The third-order valence-corrected chi connectivity index (χ3v) is 6.09. The minimum atomic E-state index is -0.408. The molecule has 1 amide bonds. The van der Waals surface area contributed by atoms with Crippen LogP contribution in [0.4, 0.5) is 5.69 Å². The molecule has 7 heteroatoms. The predicted molar refractivity (Wildman–Crippen MR) is 133 cm³/mol. The maximum absolute atomic E-state index is 12.9. The Morgan fingerprint density at radius 3 is 2.38 bits per heavy atom. The molecule has 1 heterocycles. The molecule has 0 saturated heterocycles. The first-order valence-electron chi connectivity index (χ1n) is 11.6. The van der Waals surface area contributed by atoms with Crippen molar-refractivity contribution in [2.24, 2.45) is 5.92 Å². The molecular weight excluding hydrogens is 422 g/mol.